The summed E-state index contributed by atoms with van der Waals surface area (Å²) in [6, 6.07) is 5.68. The molecule has 0 saturated heterocycles. The molecule has 1 aliphatic rings. The van der Waals surface area contributed by atoms with Crippen LogP contribution in [0.25, 0.3) is 0 Å². The average Bonchev–Trinajstić information content (AvgIpc) is 2.31. The minimum Gasteiger partial charge on any atom is -0.381 e. The van der Waals surface area contributed by atoms with E-state index in [1.807, 2.05) is 0 Å². The molecule has 0 aliphatic heterocycles. The Morgan fingerprint density at radius 3 is 2.78 bits per heavy atom. The van der Waals surface area contributed by atoms with Crippen molar-refractivity contribution in [3.05, 3.63) is 28.8 Å². The summed E-state index contributed by atoms with van der Waals surface area (Å²) in [6.07, 6.45) is 4.28. The molecule has 2 rings (SSSR count). The first kappa shape index (κ1) is 13.2. The van der Waals surface area contributed by atoms with E-state index >= 15 is 0 Å². The van der Waals surface area contributed by atoms with Gasteiger partial charge in [-0.1, -0.05) is 11.6 Å². The zero-order valence-corrected chi connectivity index (χ0v) is 10.9. The standard InChI is InChI=1S/C13H18ClN3O/c14-11-6-8(13(16)18)4-5-12(11)17-10-3-1-2-9(15)7-10/h4-6,9-10,17H,1-3,7,15H2,(H2,16,18)/t9-,10-/m1/s1. The molecule has 0 aromatic heterocycles. The zero-order chi connectivity index (χ0) is 13.1. The third-order valence-electron chi connectivity index (χ3n) is 3.33. The molecule has 98 valence electrons. The topological polar surface area (TPSA) is 81.1 Å². The van der Waals surface area contributed by atoms with Crippen molar-refractivity contribution in [3.63, 3.8) is 0 Å². The van der Waals surface area contributed by atoms with Crippen molar-refractivity contribution in [1.82, 2.24) is 0 Å². The van der Waals surface area contributed by atoms with Crippen LogP contribution in [0.5, 0.6) is 0 Å². The number of carbonyl (C=O) groups excluding carboxylic acids is 1. The van der Waals surface area contributed by atoms with E-state index in [0.717, 1.165) is 31.4 Å². The molecule has 1 aromatic carbocycles. The molecular weight excluding hydrogens is 250 g/mol. The van der Waals surface area contributed by atoms with Crippen LogP contribution < -0.4 is 16.8 Å². The van der Waals surface area contributed by atoms with Crippen molar-refractivity contribution in [3.8, 4) is 0 Å². The van der Waals surface area contributed by atoms with Crippen LogP contribution in [-0.2, 0) is 0 Å². The van der Waals surface area contributed by atoms with Crippen LogP contribution in [0.15, 0.2) is 18.2 Å². The highest BCUT2D eigenvalue weighted by Crippen LogP contribution is 2.27. The highest BCUT2D eigenvalue weighted by atomic mass is 35.5. The monoisotopic (exact) mass is 267 g/mol. The molecule has 1 aromatic rings. The first-order valence-corrected chi connectivity index (χ1v) is 6.55. The van der Waals surface area contributed by atoms with Gasteiger partial charge in [-0.25, -0.2) is 0 Å². The second-order valence-corrected chi connectivity index (χ2v) is 5.23. The van der Waals surface area contributed by atoms with E-state index in [0.29, 0.717) is 16.6 Å². The van der Waals surface area contributed by atoms with E-state index in [1.165, 1.54) is 0 Å². The lowest BCUT2D eigenvalue weighted by atomic mass is 9.91. The zero-order valence-electron chi connectivity index (χ0n) is 10.2. The predicted molar refractivity (Wildman–Crippen MR) is 73.8 cm³/mol. The van der Waals surface area contributed by atoms with Crippen molar-refractivity contribution in [2.75, 3.05) is 5.32 Å². The van der Waals surface area contributed by atoms with Crippen LogP contribution in [0.4, 0.5) is 5.69 Å². The van der Waals surface area contributed by atoms with Gasteiger partial charge >= 0.3 is 0 Å². The molecule has 2 atom stereocenters. The first-order valence-electron chi connectivity index (χ1n) is 6.17. The minimum atomic E-state index is -0.469. The van der Waals surface area contributed by atoms with Crippen LogP contribution >= 0.6 is 11.6 Å². The van der Waals surface area contributed by atoms with Crippen LogP contribution in [0.3, 0.4) is 0 Å². The highest BCUT2D eigenvalue weighted by Gasteiger charge is 2.19. The van der Waals surface area contributed by atoms with Crippen molar-refractivity contribution in [1.29, 1.82) is 0 Å². The van der Waals surface area contributed by atoms with Crippen LogP contribution in [0, 0.1) is 0 Å². The van der Waals surface area contributed by atoms with Crippen LogP contribution in [-0.4, -0.2) is 18.0 Å². The molecule has 18 heavy (non-hydrogen) atoms. The van der Waals surface area contributed by atoms with E-state index in [4.69, 9.17) is 23.1 Å². The highest BCUT2D eigenvalue weighted by molar-refractivity contribution is 6.33. The van der Waals surface area contributed by atoms with Crippen molar-refractivity contribution in [2.24, 2.45) is 11.5 Å². The van der Waals surface area contributed by atoms with E-state index in [2.05, 4.69) is 5.32 Å². The summed E-state index contributed by atoms with van der Waals surface area (Å²) in [4.78, 5) is 11.0. The Hall–Kier alpha value is -1.26. The lowest BCUT2D eigenvalue weighted by Gasteiger charge is -2.28. The number of hydrogen-bond donors (Lipinski definition) is 3. The summed E-state index contributed by atoms with van der Waals surface area (Å²) in [6.45, 7) is 0. The molecule has 5 heteroatoms. The summed E-state index contributed by atoms with van der Waals surface area (Å²) in [7, 11) is 0. The quantitative estimate of drug-likeness (QED) is 0.785. The van der Waals surface area contributed by atoms with Gasteiger partial charge in [-0.3, -0.25) is 4.79 Å². The maximum absolute atomic E-state index is 11.0. The van der Waals surface area contributed by atoms with Gasteiger partial charge in [0, 0.05) is 17.6 Å². The van der Waals surface area contributed by atoms with Gasteiger partial charge in [0.2, 0.25) is 5.91 Å². The maximum Gasteiger partial charge on any atom is 0.248 e. The van der Waals surface area contributed by atoms with E-state index in [-0.39, 0.29) is 6.04 Å². The Balaban J connectivity index is 2.07. The van der Waals surface area contributed by atoms with Crippen molar-refractivity contribution in [2.45, 2.75) is 37.8 Å². The number of benzene rings is 1. The van der Waals surface area contributed by atoms with Gasteiger partial charge < -0.3 is 16.8 Å². The van der Waals surface area contributed by atoms with Gasteiger partial charge in [0.1, 0.15) is 0 Å². The molecule has 0 spiro atoms. The summed E-state index contributed by atoms with van der Waals surface area (Å²) in [5.74, 6) is -0.469. The molecule has 4 nitrogen and oxygen atoms in total. The third-order valence-corrected chi connectivity index (χ3v) is 3.64. The molecule has 1 saturated carbocycles. The third kappa shape index (κ3) is 3.15. The second kappa shape index (κ2) is 5.59. The van der Waals surface area contributed by atoms with Crippen molar-refractivity contribution < 1.29 is 4.79 Å². The van der Waals surface area contributed by atoms with Crippen LogP contribution in [0.1, 0.15) is 36.0 Å². The van der Waals surface area contributed by atoms with Gasteiger partial charge in [0.15, 0.2) is 0 Å². The number of amides is 1. The molecule has 5 N–H and O–H groups in total. The van der Waals surface area contributed by atoms with Crippen LogP contribution in [0.2, 0.25) is 5.02 Å². The number of halogens is 1. The number of nitrogens with one attached hydrogen (secondary N) is 1. The van der Waals surface area contributed by atoms with E-state index in [9.17, 15) is 4.79 Å². The number of primary amides is 1. The number of nitrogens with two attached hydrogens (primary N) is 2. The molecule has 0 unspecified atom stereocenters. The summed E-state index contributed by atoms with van der Waals surface area (Å²) in [5, 5.41) is 3.90. The number of rotatable bonds is 3. The molecule has 1 aliphatic carbocycles. The van der Waals surface area contributed by atoms with Gasteiger partial charge in [0.25, 0.3) is 0 Å². The Morgan fingerprint density at radius 2 is 2.17 bits per heavy atom. The maximum atomic E-state index is 11.0. The smallest absolute Gasteiger partial charge is 0.248 e. The average molecular weight is 268 g/mol. The van der Waals surface area contributed by atoms with E-state index in [1.54, 1.807) is 18.2 Å². The molecule has 0 bridgehead atoms. The summed E-state index contributed by atoms with van der Waals surface area (Å²) >= 11 is 6.13. The van der Waals surface area contributed by atoms with Gasteiger partial charge in [-0.2, -0.15) is 0 Å². The van der Waals surface area contributed by atoms with Gasteiger partial charge in [0.05, 0.1) is 10.7 Å². The SMILES string of the molecule is NC(=O)c1ccc(N[C@@H]2CCC[C@@H](N)C2)c(Cl)c1. The fraction of sp³-hybridized carbons (Fsp3) is 0.462. The molecule has 1 fully saturated rings. The number of hydrogen-bond acceptors (Lipinski definition) is 3. The predicted octanol–water partition coefficient (Wildman–Crippen LogP) is 2.12. The fourth-order valence-electron chi connectivity index (χ4n) is 2.36. The number of anilines is 1. The summed E-state index contributed by atoms with van der Waals surface area (Å²) in [5.41, 5.74) is 12.4. The van der Waals surface area contributed by atoms with Gasteiger partial charge in [-0.15, -0.1) is 0 Å². The minimum absolute atomic E-state index is 0.264. The lowest BCUT2D eigenvalue weighted by molar-refractivity contribution is 0.100. The van der Waals surface area contributed by atoms with Gasteiger partial charge in [-0.05, 0) is 43.9 Å². The van der Waals surface area contributed by atoms with E-state index < -0.39 is 5.91 Å². The molecule has 1 amide bonds. The Bertz CT molecular complexity index is 450. The van der Waals surface area contributed by atoms with Crippen molar-refractivity contribution >= 4 is 23.2 Å². The Kier molecular flexibility index (Phi) is 4.09. The Labute approximate surface area is 112 Å². The largest absolute Gasteiger partial charge is 0.381 e. The molecular formula is C13H18ClN3O. The fourth-order valence-corrected chi connectivity index (χ4v) is 2.60. The normalized spacial score (nSPS) is 23.7. The first-order chi connectivity index (χ1) is 8.56. The molecule has 0 radical (unpaired) electrons. The number of carbonyl (C=O) groups is 1. The summed E-state index contributed by atoms with van der Waals surface area (Å²) < 4.78 is 0. The lowest BCUT2D eigenvalue weighted by Crippen LogP contribution is -2.34. The second-order valence-electron chi connectivity index (χ2n) is 4.83. The molecule has 0 heterocycles. The Morgan fingerprint density at radius 1 is 1.39 bits per heavy atom.